The van der Waals surface area contributed by atoms with E-state index in [1.165, 1.54) is 43.3 Å². The van der Waals surface area contributed by atoms with Crippen molar-refractivity contribution >= 4 is 46.3 Å². The number of nitrogens with one attached hydrogen (secondary N) is 2. The van der Waals surface area contributed by atoms with E-state index in [9.17, 15) is 14.0 Å². The molecule has 0 saturated carbocycles. The zero-order chi connectivity index (χ0) is 26.1. The SMILES string of the molecule is CCCN(CCCl)c1ccc(O/C=C/C(=O)N(C)c2cccc(F)c2C2=NNC(C(C)=O)=NN2)cc1. The number of carbonyl (C=O) groups is 2. The fourth-order valence-electron chi connectivity index (χ4n) is 3.44. The second-order valence-corrected chi connectivity index (χ2v) is 8.20. The van der Waals surface area contributed by atoms with Crippen LogP contribution in [0.5, 0.6) is 5.75 Å². The molecule has 0 unspecified atom stereocenters. The summed E-state index contributed by atoms with van der Waals surface area (Å²) in [6.45, 7) is 5.08. The minimum absolute atomic E-state index is 0.00805. The lowest BCUT2D eigenvalue weighted by atomic mass is 10.1. The minimum atomic E-state index is -0.617. The van der Waals surface area contributed by atoms with Gasteiger partial charge in [-0.3, -0.25) is 20.4 Å². The topological polar surface area (TPSA) is 98.6 Å². The molecule has 1 aliphatic heterocycles. The number of ketones is 1. The van der Waals surface area contributed by atoms with Crippen LogP contribution >= 0.6 is 11.6 Å². The van der Waals surface area contributed by atoms with Crippen LogP contribution in [0.2, 0.25) is 0 Å². The van der Waals surface area contributed by atoms with E-state index in [0.29, 0.717) is 11.6 Å². The predicted molar refractivity (Wildman–Crippen MR) is 140 cm³/mol. The Morgan fingerprint density at radius 2 is 1.86 bits per heavy atom. The van der Waals surface area contributed by atoms with Crippen LogP contribution in [-0.2, 0) is 9.59 Å². The van der Waals surface area contributed by atoms with Gasteiger partial charge in [0.2, 0.25) is 5.84 Å². The summed E-state index contributed by atoms with van der Waals surface area (Å²) in [5.74, 6) is -0.285. The molecule has 2 aromatic carbocycles. The van der Waals surface area contributed by atoms with Gasteiger partial charge >= 0.3 is 0 Å². The second-order valence-electron chi connectivity index (χ2n) is 7.82. The van der Waals surface area contributed by atoms with Crippen molar-refractivity contribution in [2.24, 2.45) is 10.2 Å². The van der Waals surface area contributed by atoms with E-state index in [4.69, 9.17) is 16.3 Å². The van der Waals surface area contributed by atoms with E-state index in [1.807, 2.05) is 24.3 Å². The van der Waals surface area contributed by atoms with Gasteiger partial charge in [0, 0.05) is 44.7 Å². The van der Waals surface area contributed by atoms with Crippen LogP contribution < -0.4 is 25.4 Å². The van der Waals surface area contributed by atoms with E-state index < -0.39 is 11.7 Å². The number of Topliss-reactive ketones (excluding diaryl/α,β-unsaturated/α-hetero) is 1. The highest BCUT2D eigenvalue weighted by molar-refractivity contribution is 6.38. The molecule has 0 saturated heterocycles. The fraction of sp³-hybridized carbons (Fsp3) is 0.280. The van der Waals surface area contributed by atoms with Crippen LogP contribution in [0.3, 0.4) is 0 Å². The number of hydrogen-bond donors (Lipinski definition) is 2. The van der Waals surface area contributed by atoms with Crippen molar-refractivity contribution in [2.75, 3.05) is 35.8 Å². The van der Waals surface area contributed by atoms with Crippen LogP contribution in [0, 0.1) is 5.82 Å². The highest BCUT2D eigenvalue weighted by Gasteiger charge is 2.22. The number of benzene rings is 2. The van der Waals surface area contributed by atoms with Gasteiger partial charge in [0.05, 0.1) is 17.5 Å². The van der Waals surface area contributed by atoms with E-state index in [1.54, 1.807) is 6.07 Å². The lowest BCUT2D eigenvalue weighted by Crippen LogP contribution is -2.38. The van der Waals surface area contributed by atoms with E-state index in [0.717, 1.165) is 25.2 Å². The molecule has 3 rings (SSSR count). The van der Waals surface area contributed by atoms with Gasteiger partial charge in [-0.05, 0) is 42.8 Å². The highest BCUT2D eigenvalue weighted by atomic mass is 35.5. The fourth-order valence-corrected chi connectivity index (χ4v) is 3.65. The first-order valence-electron chi connectivity index (χ1n) is 11.3. The van der Waals surface area contributed by atoms with Crippen molar-refractivity contribution in [3.05, 3.63) is 66.2 Å². The molecular weight excluding hydrogens is 487 g/mol. The van der Waals surface area contributed by atoms with Crippen molar-refractivity contribution in [3.63, 3.8) is 0 Å². The first-order chi connectivity index (χ1) is 17.3. The van der Waals surface area contributed by atoms with Gasteiger partial charge in [-0.15, -0.1) is 11.6 Å². The van der Waals surface area contributed by atoms with Crippen molar-refractivity contribution in [3.8, 4) is 5.75 Å². The number of hydrogen-bond acceptors (Lipinski definition) is 8. The number of likely N-dealkylation sites (N-methyl/N-ethyl adjacent to an activating group) is 1. The van der Waals surface area contributed by atoms with Gasteiger partial charge in [-0.1, -0.05) is 13.0 Å². The summed E-state index contributed by atoms with van der Waals surface area (Å²) in [7, 11) is 1.50. The molecule has 9 nitrogen and oxygen atoms in total. The average molecular weight is 515 g/mol. The van der Waals surface area contributed by atoms with Crippen LogP contribution in [0.25, 0.3) is 0 Å². The van der Waals surface area contributed by atoms with Crippen molar-refractivity contribution < 1.29 is 18.7 Å². The Hall–Kier alpha value is -3.92. The highest BCUT2D eigenvalue weighted by Crippen LogP contribution is 2.24. The largest absolute Gasteiger partial charge is 0.465 e. The number of alkyl halides is 1. The van der Waals surface area contributed by atoms with Gasteiger partial charge < -0.3 is 14.5 Å². The summed E-state index contributed by atoms with van der Waals surface area (Å²) in [6, 6.07) is 11.8. The monoisotopic (exact) mass is 514 g/mol. The van der Waals surface area contributed by atoms with E-state index in [2.05, 4.69) is 32.9 Å². The van der Waals surface area contributed by atoms with Gasteiger partial charge in [0.15, 0.2) is 11.6 Å². The summed E-state index contributed by atoms with van der Waals surface area (Å²) < 4.78 is 20.3. The number of carbonyl (C=O) groups excluding carboxylic acids is 2. The molecule has 1 heterocycles. The van der Waals surface area contributed by atoms with Gasteiger partial charge in [0.1, 0.15) is 11.6 Å². The van der Waals surface area contributed by atoms with Crippen LogP contribution in [0.15, 0.2) is 65.0 Å². The Bertz CT molecular complexity index is 1180. The summed E-state index contributed by atoms with van der Waals surface area (Å²) in [5.41, 5.74) is 6.34. The molecule has 0 radical (unpaired) electrons. The predicted octanol–water partition coefficient (Wildman–Crippen LogP) is 3.59. The first kappa shape index (κ1) is 26.7. The molecule has 190 valence electrons. The molecule has 0 bridgehead atoms. The molecule has 1 aliphatic rings. The maximum Gasteiger partial charge on any atom is 0.253 e. The molecule has 0 spiro atoms. The Kier molecular flexibility index (Phi) is 9.40. The summed E-state index contributed by atoms with van der Waals surface area (Å²) >= 11 is 5.90. The van der Waals surface area contributed by atoms with E-state index in [-0.39, 0.29) is 28.7 Å². The number of nitrogens with zero attached hydrogens (tertiary/aromatic N) is 4. The number of amides is 1. The van der Waals surface area contributed by atoms with Crippen molar-refractivity contribution in [2.45, 2.75) is 20.3 Å². The molecule has 2 aromatic rings. The van der Waals surface area contributed by atoms with Crippen LogP contribution in [0.1, 0.15) is 25.8 Å². The third kappa shape index (κ3) is 6.60. The zero-order valence-electron chi connectivity index (χ0n) is 20.3. The molecule has 0 aliphatic carbocycles. The molecule has 2 N–H and O–H groups in total. The maximum atomic E-state index is 14.7. The Balaban J connectivity index is 1.68. The summed E-state index contributed by atoms with van der Waals surface area (Å²) in [4.78, 5) is 27.6. The number of hydrazone groups is 2. The van der Waals surface area contributed by atoms with Gasteiger partial charge in [-0.2, -0.15) is 10.2 Å². The van der Waals surface area contributed by atoms with E-state index >= 15 is 0 Å². The number of amidine groups is 2. The van der Waals surface area contributed by atoms with Gasteiger partial charge in [0.25, 0.3) is 5.91 Å². The molecule has 0 atom stereocenters. The zero-order valence-corrected chi connectivity index (χ0v) is 21.1. The number of ether oxygens (including phenoxy) is 1. The molecular formula is C25H28ClFN6O3. The van der Waals surface area contributed by atoms with Gasteiger partial charge in [-0.25, -0.2) is 4.39 Å². The summed E-state index contributed by atoms with van der Waals surface area (Å²) in [6.07, 6.45) is 3.52. The Labute approximate surface area is 214 Å². The minimum Gasteiger partial charge on any atom is -0.465 e. The maximum absolute atomic E-state index is 14.7. The quantitative estimate of drug-likeness (QED) is 0.270. The Morgan fingerprint density at radius 3 is 2.47 bits per heavy atom. The van der Waals surface area contributed by atoms with Crippen molar-refractivity contribution in [1.29, 1.82) is 0 Å². The second kappa shape index (κ2) is 12.7. The number of rotatable bonds is 11. The third-order valence-electron chi connectivity index (χ3n) is 5.27. The third-order valence-corrected chi connectivity index (χ3v) is 5.43. The molecule has 1 amide bonds. The number of halogens is 2. The average Bonchev–Trinajstić information content (AvgIpc) is 2.88. The molecule has 0 aromatic heterocycles. The van der Waals surface area contributed by atoms with Crippen molar-refractivity contribution in [1.82, 2.24) is 10.9 Å². The normalized spacial score (nSPS) is 12.8. The van der Waals surface area contributed by atoms with Crippen LogP contribution in [-0.4, -0.2) is 49.4 Å². The Morgan fingerprint density at radius 1 is 1.11 bits per heavy atom. The molecule has 0 fully saturated rings. The number of anilines is 2. The lowest BCUT2D eigenvalue weighted by Gasteiger charge is -2.23. The first-order valence-corrected chi connectivity index (χ1v) is 11.9. The lowest BCUT2D eigenvalue weighted by molar-refractivity contribution is -0.114. The smallest absolute Gasteiger partial charge is 0.253 e. The van der Waals surface area contributed by atoms with Crippen LogP contribution in [0.4, 0.5) is 15.8 Å². The molecule has 11 heteroatoms. The molecule has 36 heavy (non-hydrogen) atoms. The standard InChI is InChI=1S/C25H28ClFN6O3/c1-4-14-33(15-13-26)18-8-10-19(11-9-18)36-16-12-22(35)32(3)21-7-5-6-20(27)23(21)25-30-28-24(17(2)34)29-31-25/h5-12,16H,4,13-15H2,1-3H3,(H,28,29)(H,30,31)/b16-12+. The summed E-state index contributed by atoms with van der Waals surface area (Å²) in [5, 5.41) is 7.84.